The van der Waals surface area contributed by atoms with E-state index in [2.05, 4.69) is 20.5 Å². The van der Waals surface area contributed by atoms with Crippen LogP contribution in [0.15, 0.2) is 34.5 Å². The molecular weight excluding hydrogens is 288 g/mol. The van der Waals surface area contributed by atoms with Crippen LogP contribution >= 0.6 is 0 Å². The maximum atomic E-state index is 12.1. The lowest BCUT2D eigenvalue weighted by molar-refractivity contribution is -0.170. The highest BCUT2D eigenvalue weighted by atomic mass is 28.1. The molecule has 3 radical (unpaired) electrons. The Morgan fingerprint density at radius 3 is 2.33 bits per heavy atom. The molecule has 0 fully saturated rings. The van der Waals surface area contributed by atoms with Gasteiger partial charge in [0.2, 0.25) is 0 Å². The summed E-state index contributed by atoms with van der Waals surface area (Å²) in [5.74, 6) is -0.0580. The van der Waals surface area contributed by atoms with Crippen LogP contribution in [-0.2, 0) is 9.47 Å². The van der Waals surface area contributed by atoms with Gasteiger partial charge in [-0.2, -0.15) is 0 Å². The molecule has 0 aliphatic rings. The molecule has 0 atom stereocenters. The van der Waals surface area contributed by atoms with Crippen molar-refractivity contribution in [1.82, 2.24) is 0 Å². The number of hydrogen-bond acceptors (Lipinski definition) is 5. The number of rotatable bonds is 8. The topological polar surface area (TPSA) is 69.5 Å². The lowest BCUT2D eigenvalue weighted by Crippen LogP contribution is -2.34. The number of amides is 1. The molecular formula is C14H19N2O4Si. The molecule has 6 nitrogen and oxygen atoms in total. The molecule has 0 unspecified atom stereocenters. The van der Waals surface area contributed by atoms with E-state index in [-0.39, 0.29) is 0 Å². The summed E-state index contributed by atoms with van der Waals surface area (Å²) in [6, 6.07) is 6.85. The summed E-state index contributed by atoms with van der Waals surface area (Å²) in [4.78, 5) is 12.1. The predicted molar refractivity (Wildman–Crippen MR) is 78.5 cm³/mol. The van der Waals surface area contributed by atoms with Crippen LogP contribution in [0.1, 0.15) is 31.1 Å². The Morgan fingerprint density at radius 2 is 1.76 bits per heavy atom. The van der Waals surface area contributed by atoms with Gasteiger partial charge in [-0.25, -0.2) is 0 Å². The average Bonchev–Trinajstić information content (AvgIpc) is 2.46. The molecule has 1 aromatic rings. The Morgan fingerprint density at radius 1 is 1.14 bits per heavy atom. The minimum Gasteiger partial charge on any atom is -0.493 e. The third-order valence-electron chi connectivity index (χ3n) is 2.37. The van der Waals surface area contributed by atoms with E-state index in [4.69, 9.17) is 14.2 Å². The summed E-state index contributed by atoms with van der Waals surface area (Å²) in [6.45, 7) is 6.58. The standard InChI is InChI=1S/C14H19N2O4Si/c1-4-18-12-10-8-7-9-11(12)13(17)15-16-14(21,19-5-2)20-6-3/h7-10H,4-6H2,1-3H3. The van der Waals surface area contributed by atoms with Gasteiger partial charge in [0, 0.05) is 13.2 Å². The Kier molecular flexibility index (Phi) is 7.20. The Bertz CT molecular complexity index is 488. The fourth-order valence-electron chi connectivity index (χ4n) is 1.58. The molecule has 0 saturated carbocycles. The summed E-state index contributed by atoms with van der Waals surface area (Å²) < 4.78 is 16.0. The van der Waals surface area contributed by atoms with Crippen LogP contribution in [0, 0.1) is 0 Å². The number of azo groups is 1. The molecule has 0 aliphatic carbocycles. The van der Waals surface area contributed by atoms with E-state index in [1.807, 2.05) is 6.92 Å². The fraction of sp³-hybridized carbons (Fsp3) is 0.500. The summed E-state index contributed by atoms with van der Waals surface area (Å²) >= 11 is 0. The van der Waals surface area contributed by atoms with E-state index >= 15 is 0 Å². The van der Waals surface area contributed by atoms with Gasteiger partial charge in [-0.15, -0.1) is 10.2 Å². The number of carbonyl (C=O) groups excluding carboxylic acids is 1. The van der Waals surface area contributed by atoms with Crippen LogP contribution in [0.3, 0.4) is 0 Å². The van der Waals surface area contributed by atoms with Gasteiger partial charge in [-0.3, -0.25) is 4.79 Å². The van der Waals surface area contributed by atoms with Crippen molar-refractivity contribution in [1.29, 1.82) is 0 Å². The van der Waals surface area contributed by atoms with Crippen LogP contribution in [0.25, 0.3) is 0 Å². The maximum Gasteiger partial charge on any atom is 0.298 e. The average molecular weight is 307 g/mol. The molecule has 0 heterocycles. The highest BCUT2D eigenvalue weighted by Crippen LogP contribution is 2.20. The predicted octanol–water partition coefficient (Wildman–Crippen LogP) is 2.53. The zero-order chi connectivity index (χ0) is 15.7. The first-order chi connectivity index (χ1) is 10.1. The first-order valence-electron chi connectivity index (χ1n) is 6.78. The van der Waals surface area contributed by atoms with Crippen molar-refractivity contribution in [2.24, 2.45) is 10.2 Å². The molecule has 0 N–H and O–H groups in total. The van der Waals surface area contributed by atoms with Crippen molar-refractivity contribution < 1.29 is 19.0 Å². The van der Waals surface area contributed by atoms with Crippen LogP contribution in [0.4, 0.5) is 0 Å². The van der Waals surface area contributed by atoms with Gasteiger partial charge >= 0.3 is 0 Å². The van der Waals surface area contributed by atoms with E-state index in [1.165, 1.54) is 0 Å². The molecule has 0 aliphatic heterocycles. The third kappa shape index (κ3) is 5.37. The smallest absolute Gasteiger partial charge is 0.298 e. The van der Waals surface area contributed by atoms with E-state index in [1.54, 1.807) is 38.1 Å². The van der Waals surface area contributed by atoms with Crippen molar-refractivity contribution >= 4 is 16.1 Å². The van der Waals surface area contributed by atoms with Gasteiger partial charge in [0.1, 0.15) is 5.75 Å². The Hall–Kier alpha value is -1.57. The summed E-state index contributed by atoms with van der Waals surface area (Å²) in [5.41, 5.74) is -1.11. The van der Waals surface area contributed by atoms with Crippen molar-refractivity contribution in [3.63, 3.8) is 0 Å². The normalized spacial score (nSPS) is 11.8. The molecule has 0 bridgehead atoms. The van der Waals surface area contributed by atoms with Gasteiger partial charge < -0.3 is 14.2 Å². The first kappa shape index (κ1) is 17.5. The minimum atomic E-state index is -1.44. The van der Waals surface area contributed by atoms with Gasteiger partial charge in [-0.05, 0) is 32.9 Å². The second-order valence-electron chi connectivity index (χ2n) is 3.88. The van der Waals surface area contributed by atoms with Crippen LogP contribution in [0.2, 0.25) is 0 Å². The SMILES string of the molecule is CCOc1ccccc1C(=O)N=NC([Si])(OCC)OCC. The molecule has 1 rings (SSSR count). The maximum absolute atomic E-state index is 12.1. The molecule has 1 aromatic carbocycles. The highest BCUT2D eigenvalue weighted by molar-refractivity contribution is 6.13. The van der Waals surface area contributed by atoms with Gasteiger partial charge in [-0.1, -0.05) is 12.1 Å². The molecule has 1 amide bonds. The van der Waals surface area contributed by atoms with Crippen molar-refractivity contribution in [3.8, 4) is 5.75 Å². The number of hydrogen-bond donors (Lipinski definition) is 0. The second-order valence-corrected chi connectivity index (χ2v) is 4.51. The highest BCUT2D eigenvalue weighted by Gasteiger charge is 2.25. The minimum absolute atomic E-state index is 0.338. The summed E-state index contributed by atoms with van der Waals surface area (Å²) in [5, 5.41) is 7.46. The van der Waals surface area contributed by atoms with Crippen molar-refractivity contribution in [2.75, 3.05) is 19.8 Å². The van der Waals surface area contributed by atoms with Crippen LogP contribution in [0.5, 0.6) is 5.75 Å². The van der Waals surface area contributed by atoms with E-state index in [9.17, 15) is 4.79 Å². The summed E-state index contributed by atoms with van der Waals surface area (Å²) in [6.07, 6.45) is 0. The number of benzene rings is 1. The monoisotopic (exact) mass is 307 g/mol. The molecule has 7 heteroatoms. The quantitative estimate of drug-likeness (QED) is 0.420. The van der Waals surface area contributed by atoms with E-state index in [0.29, 0.717) is 31.1 Å². The lowest BCUT2D eigenvalue weighted by Gasteiger charge is -2.22. The Balaban J connectivity index is 2.91. The molecule has 113 valence electrons. The fourth-order valence-corrected chi connectivity index (χ4v) is 1.92. The zero-order valence-corrected chi connectivity index (χ0v) is 13.5. The zero-order valence-electron chi connectivity index (χ0n) is 12.5. The third-order valence-corrected chi connectivity index (χ3v) is 2.76. The van der Waals surface area contributed by atoms with Gasteiger partial charge in [0.15, 0.2) is 10.2 Å². The van der Waals surface area contributed by atoms with Crippen LogP contribution in [-0.4, -0.2) is 41.5 Å². The molecule has 0 spiro atoms. The number of para-hydroxylation sites is 1. The number of nitrogens with zero attached hydrogens (tertiary/aromatic N) is 2. The van der Waals surface area contributed by atoms with Gasteiger partial charge in [0.25, 0.3) is 11.4 Å². The van der Waals surface area contributed by atoms with Crippen molar-refractivity contribution in [2.45, 2.75) is 26.3 Å². The molecule has 0 aromatic heterocycles. The first-order valence-corrected chi connectivity index (χ1v) is 7.28. The largest absolute Gasteiger partial charge is 0.493 e. The second kappa shape index (κ2) is 8.66. The van der Waals surface area contributed by atoms with E-state index < -0.39 is 11.4 Å². The number of ether oxygens (including phenoxy) is 3. The van der Waals surface area contributed by atoms with Crippen LogP contribution < -0.4 is 4.74 Å². The molecule has 0 saturated heterocycles. The number of carbonyl (C=O) groups is 1. The lowest BCUT2D eigenvalue weighted by atomic mass is 10.2. The van der Waals surface area contributed by atoms with E-state index in [0.717, 1.165) is 0 Å². The van der Waals surface area contributed by atoms with Gasteiger partial charge in [0.05, 0.1) is 12.2 Å². The Labute approximate surface area is 127 Å². The summed E-state index contributed by atoms with van der Waals surface area (Å²) in [7, 11) is 3.23. The van der Waals surface area contributed by atoms with Crippen molar-refractivity contribution in [3.05, 3.63) is 29.8 Å². The molecule has 21 heavy (non-hydrogen) atoms.